The fraction of sp³-hybridized carbons (Fsp3) is 0.400. The van der Waals surface area contributed by atoms with Crippen LogP contribution in [0.4, 0.5) is 0 Å². The van der Waals surface area contributed by atoms with Crippen molar-refractivity contribution < 1.29 is 0 Å². The van der Waals surface area contributed by atoms with E-state index < -0.39 is 0 Å². The van der Waals surface area contributed by atoms with Gasteiger partial charge in [-0.15, -0.1) is 10.2 Å². The maximum Gasteiger partial charge on any atom is 0.332 e. The first kappa shape index (κ1) is 18.2. The molecule has 28 heavy (non-hydrogen) atoms. The average Bonchev–Trinajstić information content (AvgIpc) is 3.22. The fourth-order valence-electron chi connectivity index (χ4n) is 3.54. The second-order valence-electron chi connectivity index (χ2n) is 7.74. The average molecular weight is 380 g/mol. The van der Waals surface area contributed by atoms with Gasteiger partial charge in [0.25, 0.3) is 5.56 Å². The summed E-state index contributed by atoms with van der Waals surface area (Å²) < 4.78 is 6.36. The third-order valence-corrected chi connectivity index (χ3v) is 5.22. The molecule has 0 aliphatic heterocycles. The second kappa shape index (κ2) is 6.47. The van der Waals surface area contributed by atoms with Crippen molar-refractivity contribution in [3.63, 3.8) is 0 Å². The van der Waals surface area contributed by atoms with Crippen LogP contribution in [0.1, 0.15) is 25.8 Å². The lowest BCUT2D eigenvalue weighted by Gasteiger charge is -2.08. The van der Waals surface area contributed by atoms with E-state index in [-0.39, 0.29) is 11.2 Å². The Morgan fingerprint density at radius 3 is 2.32 bits per heavy atom. The zero-order valence-corrected chi connectivity index (χ0v) is 16.8. The number of aryl methyl sites for hydroxylation is 3. The Morgan fingerprint density at radius 1 is 1.00 bits per heavy atom. The predicted octanol–water partition coefficient (Wildman–Crippen LogP) is 2.10. The summed E-state index contributed by atoms with van der Waals surface area (Å²) in [6.45, 7) is 6.93. The van der Waals surface area contributed by atoms with Crippen LogP contribution < -0.4 is 11.2 Å². The molecule has 0 spiro atoms. The molecule has 0 atom stereocenters. The number of imidazole rings is 1. The Balaban J connectivity index is 2.14. The van der Waals surface area contributed by atoms with Crippen LogP contribution in [0.25, 0.3) is 28.3 Å². The molecule has 146 valence electrons. The molecule has 0 aliphatic rings. The van der Waals surface area contributed by atoms with E-state index in [1.165, 1.54) is 11.6 Å². The van der Waals surface area contributed by atoms with E-state index in [0.717, 1.165) is 22.1 Å². The van der Waals surface area contributed by atoms with Crippen LogP contribution in [-0.4, -0.2) is 28.3 Å². The van der Waals surface area contributed by atoms with E-state index in [1.807, 2.05) is 40.2 Å². The van der Waals surface area contributed by atoms with E-state index >= 15 is 0 Å². The first-order chi connectivity index (χ1) is 13.3. The van der Waals surface area contributed by atoms with Gasteiger partial charge in [0, 0.05) is 26.2 Å². The highest BCUT2D eigenvalue weighted by Crippen LogP contribution is 2.25. The lowest BCUT2D eigenvalue weighted by Crippen LogP contribution is -2.37. The van der Waals surface area contributed by atoms with Gasteiger partial charge >= 0.3 is 5.69 Å². The van der Waals surface area contributed by atoms with Crippen LogP contribution in [0.15, 0.2) is 33.9 Å². The molecule has 0 aliphatic carbocycles. The SMILES string of the molecule is Cc1ccc(-c2nnc3n(CCC(C)C)c4c(=O)n(C)c(=O)n(C)c4n23)cc1. The lowest BCUT2D eigenvalue weighted by atomic mass is 10.1. The van der Waals surface area contributed by atoms with Crippen molar-refractivity contribution in [1.29, 1.82) is 0 Å². The van der Waals surface area contributed by atoms with Gasteiger partial charge in [0.2, 0.25) is 5.78 Å². The molecular weight excluding hydrogens is 356 g/mol. The van der Waals surface area contributed by atoms with Crippen LogP contribution in [-0.2, 0) is 20.6 Å². The molecule has 8 nitrogen and oxygen atoms in total. The molecule has 0 bridgehead atoms. The summed E-state index contributed by atoms with van der Waals surface area (Å²) in [5, 5.41) is 8.77. The first-order valence-corrected chi connectivity index (χ1v) is 9.41. The number of nitrogens with zero attached hydrogens (tertiary/aromatic N) is 6. The molecule has 0 fully saturated rings. The number of aromatic nitrogens is 6. The molecule has 0 radical (unpaired) electrons. The van der Waals surface area contributed by atoms with Crippen molar-refractivity contribution in [2.75, 3.05) is 0 Å². The van der Waals surface area contributed by atoms with E-state index in [4.69, 9.17) is 0 Å². The maximum absolute atomic E-state index is 13.0. The standard InChI is InChI=1S/C20H24N6O2/c1-12(2)10-11-25-15-17(23(4)20(28)24(5)18(15)27)26-16(21-22-19(25)26)14-8-6-13(3)7-9-14/h6-9,12H,10-11H2,1-5H3. The zero-order valence-electron chi connectivity index (χ0n) is 16.8. The Kier molecular flexibility index (Phi) is 4.21. The Bertz CT molecular complexity index is 1300. The van der Waals surface area contributed by atoms with Gasteiger partial charge in [-0.2, -0.15) is 0 Å². The topological polar surface area (TPSA) is 79.1 Å². The molecule has 4 aromatic rings. The molecule has 3 heterocycles. The Labute approximate surface area is 161 Å². The Hall–Kier alpha value is -3.16. The summed E-state index contributed by atoms with van der Waals surface area (Å²) in [7, 11) is 3.18. The van der Waals surface area contributed by atoms with Crippen LogP contribution in [0.5, 0.6) is 0 Å². The summed E-state index contributed by atoms with van der Waals surface area (Å²) in [4.78, 5) is 25.6. The highest BCUT2D eigenvalue weighted by molar-refractivity contribution is 5.79. The normalized spacial score (nSPS) is 11.9. The van der Waals surface area contributed by atoms with Gasteiger partial charge in [0.15, 0.2) is 17.0 Å². The third kappa shape index (κ3) is 2.59. The number of benzene rings is 1. The van der Waals surface area contributed by atoms with Gasteiger partial charge in [0.05, 0.1) is 0 Å². The Morgan fingerprint density at radius 2 is 1.68 bits per heavy atom. The van der Waals surface area contributed by atoms with Crippen LogP contribution in [0.2, 0.25) is 0 Å². The van der Waals surface area contributed by atoms with Crippen molar-refractivity contribution >= 4 is 16.9 Å². The van der Waals surface area contributed by atoms with Crippen molar-refractivity contribution in [2.45, 2.75) is 33.7 Å². The van der Waals surface area contributed by atoms with Gasteiger partial charge < -0.3 is 4.57 Å². The molecule has 0 N–H and O–H groups in total. The highest BCUT2D eigenvalue weighted by atomic mass is 16.2. The minimum absolute atomic E-state index is 0.317. The quantitative estimate of drug-likeness (QED) is 0.543. The van der Waals surface area contributed by atoms with Crippen LogP contribution in [0.3, 0.4) is 0 Å². The van der Waals surface area contributed by atoms with E-state index in [0.29, 0.717) is 35.2 Å². The summed E-state index contributed by atoms with van der Waals surface area (Å²) >= 11 is 0. The van der Waals surface area contributed by atoms with Gasteiger partial charge in [-0.1, -0.05) is 43.7 Å². The highest BCUT2D eigenvalue weighted by Gasteiger charge is 2.23. The zero-order chi connectivity index (χ0) is 20.2. The number of hydrogen-bond donors (Lipinski definition) is 0. The number of hydrogen-bond acceptors (Lipinski definition) is 4. The third-order valence-electron chi connectivity index (χ3n) is 5.22. The molecule has 0 saturated carbocycles. The molecule has 3 aromatic heterocycles. The van der Waals surface area contributed by atoms with Gasteiger partial charge in [-0.3, -0.25) is 13.9 Å². The largest absolute Gasteiger partial charge is 0.332 e. The minimum atomic E-state index is -0.371. The minimum Gasteiger partial charge on any atom is -0.302 e. The van der Waals surface area contributed by atoms with Crippen molar-refractivity contribution in [2.24, 2.45) is 20.0 Å². The van der Waals surface area contributed by atoms with Gasteiger partial charge in [-0.25, -0.2) is 9.20 Å². The molecule has 8 heteroatoms. The van der Waals surface area contributed by atoms with Crippen LogP contribution in [0, 0.1) is 12.8 Å². The van der Waals surface area contributed by atoms with Crippen molar-refractivity contribution in [3.8, 4) is 11.4 Å². The summed E-state index contributed by atoms with van der Waals surface area (Å²) in [6.07, 6.45) is 0.887. The molecule has 0 unspecified atom stereocenters. The monoisotopic (exact) mass is 380 g/mol. The maximum atomic E-state index is 13.0. The van der Waals surface area contributed by atoms with Crippen molar-refractivity contribution in [1.82, 2.24) is 28.3 Å². The van der Waals surface area contributed by atoms with E-state index in [2.05, 4.69) is 24.0 Å². The molecule has 0 saturated heterocycles. The van der Waals surface area contributed by atoms with E-state index in [9.17, 15) is 9.59 Å². The lowest BCUT2D eigenvalue weighted by molar-refractivity contribution is 0.526. The molecular formula is C20H24N6O2. The van der Waals surface area contributed by atoms with Gasteiger partial charge in [0.1, 0.15) is 0 Å². The number of fused-ring (bicyclic) bond motifs is 3. The van der Waals surface area contributed by atoms with Crippen LogP contribution >= 0.6 is 0 Å². The van der Waals surface area contributed by atoms with Crippen molar-refractivity contribution in [3.05, 3.63) is 50.7 Å². The number of rotatable bonds is 4. The second-order valence-corrected chi connectivity index (χ2v) is 7.74. The molecule has 1 aromatic carbocycles. The summed E-state index contributed by atoms with van der Waals surface area (Å²) in [6, 6.07) is 7.96. The summed E-state index contributed by atoms with van der Waals surface area (Å²) in [5.74, 6) is 1.66. The fourth-order valence-corrected chi connectivity index (χ4v) is 3.54. The predicted molar refractivity (Wildman–Crippen MR) is 109 cm³/mol. The summed E-state index contributed by atoms with van der Waals surface area (Å²) in [5.41, 5.74) is 2.33. The molecule has 0 amide bonds. The first-order valence-electron chi connectivity index (χ1n) is 9.41. The molecule has 4 rings (SSSR count). The van der Waals surface area contributed by atoms with Gasteiger partial charge in [-0.05, 0) is 19.3 Å². The smallest absolute Gasteiger partial charge is 0.302 e. The van der Waals surface area contributed by atoms with E-state index in [1.54, 1.807) is 7.05 Å².